The molecule has 0 heterocycles. The van der Waals surface area contributed by atoms with Gasteiger partial charge in [0.25, 0.3) is 0 Å². The molecule has 2 aromatic rings. The molecule has 2 unspecified atom stereocenters. The summed E-state index contributed by atoms with van der Waals surface area (Å²) < 4.78 is 4.93. The molecule has 0 N–H and O–H groups in total. The number of benzene rings is 2. The summed E-state index contributed by atoms with van der Waals surface area (Å²) in [4.78, 5) is 24.0. The molecule has 0 aliphatic heterocycles. The van der Waals surface area contributed by atoms with E-state index in [-0.39, 0.29) is 5.97 Å². The summed E-state index contributed by atoms with van der Waals surface area (Å²) in [6, 6.07) is 18.5. The van der Waals surface area contributed by atoms with Crippen molar-refractivity contribution < 1.29 is 19.4 Å². The highest BCUT2D eigenvalue weighted by Gasteiger charge is 2.56. The lowest BCUT2D eigenvalue weighted by Crippen LogP contribution is -2.55. The van der Waals surface area contributed by atoms with Gasteiger partial charge in [0.15, 0.2) is 0 Å². The maximum absolute atomic E-state index is 12.3. The van der Waals surface area contributed by atoms with Crippen molar-refractivity contribution in [3.63, 3.8) is 0 Å². The number of hydrogen-bond acceptors (Lipinski definition) is 4. The number of carbonyl (C=O) groups excluding carboxylic acids is 2. The van der Waals surface area contributed by atoms with E-state index in [0.717, 1.165) is 11.1 Å². The largest absolute Gasteiger partial charge is 0.550 e. The minimum absolute atomic E-state index is 0.384. The molecule has 0 saturated heterocycles. The van der Waals surface area contributed by atoms with Crippen molar-refractivity contribution >= 4 is 11.9 Å². The second-order valence-corrected chi connectivity index (χ2v) is 5.77. The third-order valence-electron chi connectivity index (χ3n) is 4.66. The zero-order valence-corrected chi connectivity index (χ0v) is 12.7. The summed E-state index contributed by atoms with van der Waals surface area (Å²) in [6.45, 7) is 0. The van der Waals surface area contributed by atoms with Crippen molar-refractivity contribution in [3.05, 3.63) is 71.8 Å². The molecular formula is C19H17O4-. The van der Waals surface area contributed by atoms with Crippen LogP contribution in [-0.2, 0) is 14.3 Å². The van der Waals surface area contributed by atoms with Crippen LogP contribution >= 0.6 is 0 Å². The van der Waals surface area contributed by atoms with Gasteiger partial charge in [0.2, 0.25) is 0 Å². The second-order valence-electron chi connectivity index (χ2n) is 5.77. The van der Waals surface area contributed by atoms with Gasteiger partial charge >= 0.3 is 5.97 Å². The third kappa shape index (κ3) is 2.61. The molecule has 0 bridgehead atoms. The number of aliphatic carboxylic acids is 1. The average molecular weight is 309 g/mol. The van der Waals surface area contributed by atoms with E-state index in [4.69, 9.17) is 4.74 Å². The first kappa shape index (κ1) is 15.3. The van der Waals surface area contributed by atoms with E-state index >= 15 is 0 Å². The Hall–Kier alpha value is -2.62. The van der Waals surface area contributed by atoms with Crippen molar-refractivity contribution in [3.8, 4) is 0 Å². The van der Waals surface area contributed by atoms with Crippen LogP contribution in [-0.4, -0.2) is 19.0 Å². The summed E-state index contributed by atoms with van der Waals surface area (Å²) >= 11 is 0. The fraction of sp³-hybridized carbons (Fsp3) is 0.263. The maximum Gasteiger partial charge on any atom is 0.309 e. The van der Waals surface area contributed by atoms with Gasteiger partial charge in [0.1, 0.15) is 0 Å². The molecule has 0 radical (unpaired) electrons. The Labute approximate surface area is 134 Å². The first-order valence-corrected chi connectivity index (χ1v) is 7.53. The highest BCUT2D eigenvalue weighted by Crippen LogP contribution is 2.57. The van der Waals surface area contributed by atoms with Crippen LogP contribution in [0.2, 0.25) is 0 Å². The van der Waals surface area contributed by atoms with Gasteiger partial charge in [-0.15, -0.1) is 0 Å². The maximum atomic E-state index is 12.3. The molecule has 0 amide bonds. The van der Waals surface area contributed by atoms with E-state index in [9.17, 15) is 14.7 Å². The minimum Gasteiger partial charge on any atom is -0.550 e. The predicted octanol–water partition coefficient (Wildman–Crippen LogP) is 1.72. The highest BCUT2D eigenvalue weighted by molar-refractivity contribution is 5.83. The van der Waals surface area contributed by atoms with E-state index in [2.05, 4.69) is 0 Å². The van der Waals surface area contributed by atoms with Crippen LogP contribution in [0.5, 0.6) is 0 Å². The van der Waals surface area contributed by atoms with Gasteiger partial charge in [-0.05, 0) is 11.1 Å². The Morgan fingerprint density at radius 2 is 1.26 bits per heavy atom. The van der Waals surface area contributed by atoms with Crippen LogP contribution in [0.25, 0.3) is 0 Å². The van der Waals surface area contributed by atoms with Gasteiger partial charge in [0.05, 0.1) is 13.0 Å². The summed E-state index contributed by atoms with van der Waals surface area (Å²) in [5.74, 6) is -3.65. The number of hydrogen-bond donors (Lipinski definition) is 0. The summed E-state index contributed by atoms with van der Waals surface area (Å²) in [5, 5.41) is 11.7. The quantitative estimate of drug-likeness (QED) is 0.807. The van der Waals surface area contributed by atoms with Crippen LogP contribution in [0.1, 0.15) is 23.0 Å². The molecule has 1 aliphatic carbocycles. The molecule has 4 nitrogen and oxygen atoms in total. The number of ether oxygens (including phenoxy) is 1. The van der Waals surface area contributed by atoms with E-state index in [0.29, 0.717) is 0 Å². The topological polar surface area (TPSA) is 66.4 Å². The summed E-state index contributed by atoms with van der Waals surface area (Å²) in [6.07, 6.45) is 0. The molecule has 0 aromatic heterocycles. The van der Waals surface area contributed by atoms with Gasteiger partial charge in [-0.3, -0.25) is 4.79 Å². The molecule has 0 spiro atoms. The standard InChI is InChI=1S/C19H18O4/c1-23-19(22)17-14(12-8-4-2-5-9-12)16(18(20)21)15(17)13-10-6-3-7-11-13/h2-11,14-17H,1H3,(H,20,21)/p-1. The fourth-order valence-corrected chi connectivity index (χ4v) is 3.65. The molecular weight excluding hydrogens is 292 g/mol. The molecule has 2 atom stereocenters. The monoisotopic (exact) mass is 309 g/mol. The van der Waals surface area contributed by atoms with Crippen LogP contribution < -0.4 is 5.11 Å². The normalized spacial score (nSPS) is 26.1. The first-order valence-electron chi connectivity index (χ1n) is 7.53. The van der Waals surface area contributed by atoms with Gasteiger partial charge < -0.3 is 14.6 Å². The lowest BCUT2D eigenvalue weighted by atomic mass is 9.52. The fourth-order valence-electron chi connectivity index (χ4n) is 3.65. The van der Waals surface area contributed by atoms with Crippen molar-refractivity contribution in [1.82, 2.24) is 0 Å². The first-order chi connectivity index (χ1) is 11.1. The van der Waals surface area contributed by atoms with Crippen molar-refractivity contribution in [1.29, 1.82) is 0 Å². The SMILES string of the molecule is COC(=O)C1C(c2ccccc2)C(C(=O)[O-])C1c1ccccc1. The lowest BCUT2D eigenvalue weighted by molar-refractivity contribution is -0.317. The van der Waals surface area contributed by atoms with Crippen molar-refractivity contribution in [2.75, 3.05) is 7.11 Å². The number of rotatable bonds is 4. The molecule has 2 aromatic carbocycles. The Morgan fingerprint density at radius 1 is 0.826 bits per heavy atom. The molecule has 1 fully saturated rings. The van der Waals surface area contributed by atoms with Crippen LogP contribution in [0.3, 0.4) is 0 Å². The Balaban J connectivity index is 2.05. The van der Waals surface area contributed by atoms with E-state index in [1.54, 1.807) is 0 Å². The Bertz CT molecular complexity index is 648. The molecule has 1 aliphatic rings. The smallest absolute Gasteiger partial charge is 0.309 e. The van der Waals surface area contributed by atoms with Crippen LogP contribution in [0, 0.1) is 11.8 Å². The summed E-state index contributed by atoms with van der Waals surface area (Å²) in [7, 11) is 1.33. The van der Waals surface area contributed by atoms with E-state index in [1.807, 2.05) is 60.7 Å². The van der Waals surface area contributed by atoms with Gasteiger partial charge in [-0.25, -0.2) is 0 Å². The number of carboxylic acid groups (broad SMARTS) is 1. The number of carbonyl (C=O) groups is 2. The molecule has 23 heavy (non-hydrogen) atoms. The number of carboxylic acids is 1. The Kier molecular flexibility index (Phi) is 4.15. The van der Waals surface area contributed by atoms with Crippen LogP contribution in [0.4, 0.5) is 0 Å². The number of esters is 1. The van der Waals surface area contributed by atoms with E-state index in [1.165, 1.54) is 7.11 Å². The minimum atomic E-state index is -1.13. The van der Waals surface area contributed by atoms with Gasteiger partial charge in [-0.1, -0.05) is 60.7 Å². The van der Waals surface area contributed by atoms with Crippen LogP contribution in [0.15, 0.2) is 60.7 Å². The lowest BCUT2D eigenvalue weighted by Gasteiger charge is -2.51. The highest BCUT2D eigenvalue weighted by atomic mass is 16.5. The zero-order chi connectivity index (χ0) is 16.4. The Morgan fingerprint density at radius 3 is 1.61 bits per heavy atom. The average Bonchev–Trinajstić information content (AvgIpc) is 2.55. The molecule has 4 heteroatoms. The molecule has 3 rings (SSSR count). The van der Waals surface area contributed by atoms with Gasteiger partial charge in [-0.2, -0.15) is 0 Å². The van der Waals surface area contributed by atoms with Gasteiger partial charge in [0, 0.05) is 23.7 Å². The molecule has 1 saturated carbocycles. The van der Waals surface area contributed by atoms with Crippen molar-refractivity contribution in [2.24, 2.45) is 11.8 Å². The zero-order valence-electron chi connectivity index (χ0n) is 12.7. The van der Waals surface area contributed by atoms with E-state index < -0.39 is 29.6 Å². The number of methoxy groups -OCH3 is 1. The predicted molar refractivity (Wildman–Crippen MR) is 82.4 cm³/mol. The van der Waals surface area contributed by atoms with Crippen molar-refractivity contribution in [2.45, 2.75) is 11.8 Å². The second kappa shape index (κ2) is 6.24. The summed E-state index contributed by atoms with van der Waals surface area (Å²) in [5.41, 5.74) is 1.65. The molecule has 118 valence electrons. The third-order valence-corrected chi connectivity index (χ3v) is 4.66.